The van der Waals surface area contributed by atoms with E-state index in [0.717, 1.165) is 30.7 Å². The van der Waals surface area contributed by atoms with Crippen molar-refractivity contribution in [3.05, 3.63) is 28.7 Å². The smallest absolute Gasteiger partial charge is 0.157 e. The zero-order valence-corrected chi connectivity index (χ0v) is 12.9. The van der Waals surface area contributed by atoms with E-state index in [4.69, 9.17) is 11.6 Å². The average Bonchev–Trinajstić information content (AvgIpc) is 2.71. The number of rotatable bonds is 5. The maximum atomic E-state index is 6.29. The van der Waals surface area contributed by atoms with Gasteiger partial charge in [-0.1, -0.05) is 45.7 Å². The molecule has 2 rings (SSSR count). The highest BCUT2D eigenvalue weighted by Gasteiger charge is 2.11. The van der Waals surface area contributed by atoms with Crippen LogP contribution in [0.4, 0.5) is 0 Å². The lowest BCUT2D eigenvalue weighted by Gasteiger charge is -2.05. The van der Waals surface area contributed by atoms with E-state index in [9.17, 15) is 0 Å². The van der Waals surface area contributed by atoms with Crippen molar-refractivity contribution in [2.75, 3.05) is 0 Å². The summed E-state index contributed by atoms with van der Waals surface area (Å²) in [6, 6.07) is 4.09. The van der Waals surface area contributed by atoms with Crippen molar-refractivity contribution < 1.29 is 0 Å². The van der Waals surface area contributed by atoms with Crippen LogP contribution >= 0.6 is 11.6 Å². The summed E-state index contributed by atoms with van der Waals surface area (Å²) < 4.78 is 1.74. The van der Waals surface area contributed by atoms with Crippen LogP contribution in [-0.2, 0) is 12.8 Å². The molecule has 0 N–H and O–H groups in total. The number of aromatic nitrogens is 3. The predicted octanol–water partition coefficient (Wildman–Crippen LogP) is 4.17. The Hall–Kier alpha value is -1.09. The maximum absolute atomic E-state index is 6.29. The Morgan fingerprint density at radius 1 is 1.21 bits per heavy atom. The lowest BCUT2D eigenvalue weighted by molar-refractivity contribution is 0.543. The summed E-state index contributed by atoms with van der Waals surface area (Å²) in [6.45, 7) is 8.82. The second kappa shape index (κ2) is 5.91. The number of halogens is 1. The number of hydrogen-bond donors (Lipinski definition) is 0. The molecule has 1 unspecified atom stereocenters. The number of nitrogens with zero attached hydrogens (tertiary/aromatic N) is 3. The molecule has 2 heterocycles. The van der Waals surface area contributed by atoms with Crippen LogP contribution in [0.15, 0.2) is 12.1 Å². The summed E-state index contributed by atoms with van der Waals surface area (Å²) in [5, 5.41) is 5.14. The van der Waals surface area contributed by atoms with Crippen LogP contribution in [0.1, 0.15) is 45.5 Å². The Labute approximate surface area is 120 Å². The fraction of sp³-hybridized carbons (Fsp3) is 0.600. The van der Waals surface area contributed by atoms with Crippen LogP contribution in [0.2, 0.25) is 5.15 Å². The largest absolute Gasteiger partial charge is 0.212 e. The predicted molar refractivity (Wildman–Crippen MR) is 79.7 cm³/mol. The maximum Gasteiger partial charge on any atom is 0.157 e. The first kappa shape index (κ1) is 14.3. The van der Waals surface area contributed by atoms with Crippen molar-refractivity contribution in [3.8, 4) is 0 Å². The van der Waals surface area contributed by atoms with Gasteiger partial charge >= 0.3 is 0 Å². The third-order valence-corrected chi connectivity index (χ3v) is 3.64. The Balaban J connectivity index is 2.33. The van der Waals surface area contributed by atoms with Gasteiger partial charge in [0.1, 0.15) is 5.15 Å². The van der Waals surface area contributed by atoms with Gasteiger partial charge in [0.05, 0.1) is 0 Å². The molecule has 0 fully saturated rings. The van der Waals surface area contributed by atoms with Crippen LogP contribution in [-0.4, -0.2) is 14.6 Å². The molecule has 4 heteroatoms. The zero-order chi connectivity index (χ0) is 14.0. The monoisotopic (exact) mass is 279 g/mol. The van der Waals surface area contributed by atoms with Crippen molar-refractivity contribution in [1.29, 1.82) is 0 Å². The van der Waals surface area contributed by atoms with Crippen LogP contribution in [0.25, 0.3) is 5.65 Å². The molecule has 0 radical (unpaired) electrons. The minimum absolute atomic E-state index is 0.603. The second-order valence-corrected chi connectivity index (χ2v) is 6.19. The Morgan fingerprint density at radius 2 is 1.95 bits per heavy atom. The van der Waals surface area contributed by atoms with Gasteiger partial charge in [-0.2, -0.15) is 0 Å². The Kier molecular flexibility index (Phi) is 4.46. The van der Waals surface area contributed by atoms with Gasteiger partial charge in [0.2, 0.25) is 0 Å². The summed E-state index contributed by atoms with van der Waals surface area (Å²) in [6.07, 6.45) is 3.07. The summed E-state index contributed by atoms with van der Waals surface area (Å²) >= 11 is 6.29. The van der Waals surface area contributed by atoms with Crippen LogP contribution < -0.4 is 0 Å². The standard InChI is InChI=1S/C15H22ClN3/c1-5-11(4)7-14-17-15-9-12(6-10(2)3)8-13(16)19(15)18-14/h8-11H,5-7H2,1-4H3. The molecule has 0 aliphatic rings. The summed E-state index contributed by atoms with van der Waals surface area (Å²) in [4.78, 5) is 4.60. The number of fused-ring (bicyclic) bond motifs is 1. The zero-order valence-electron chi connectivity index (χ0n) is 12.2. The minimum atomic E-state index is 0.603. The van der Waals surface area contributed by atoms with Crippen LogP contribution in [0, 0.1) is 11.8 Å². The topological polar surface area (TPSA) is 30.2 Å². The third kappa shape index (κ3) is 3.47. The molecule has 19 heavy (non-hydrogen) atoms. The van der Waals surface area contributed by atoms with Crippen molar-refractivity contribution in [1.82, 2.24) is 14.6 Å². The first-order valence-corrected chi connectivity index (χ1v) is 7.41. The molecule has 1 atom stereocenters. The lowest BCUT2D eigenvalue weighted by atomic mass is 10.0. The first-order chi connectivity index (χ1) is 8.99. The number of hydrogen-bond acceptors (Lipinski definition) is 2. The van der Waals surface area contributed by atoms with Gasteiger partial charge in [0, 0.05) is 6.42 Å². The fourth-order valence-corrected chi connectivity index (χ4v) is 2.44. The van der Waals surface area contributed by atoms with Gasteiger partial charge in [-0.25, -0.2) is 9.50 Å². The average molecular weight is 280 g/mol. The van der Waals surface area contributed by atoms with Crippen molar-refractivity contribution in [2.45, 2.75) is 47.0 Å². The molecule has 0 amide bonds. The summed E-state index contributed by atoms with van der Waals surface area (Å²) in [5.74, 6) is 2.10. The molecular weight excluding hydrogens is 258 g/mol. The molecule has 0 spiro atoms. The minimum Gasteiger partial charge on any atom is -0.212 e. The Bertz CT molecular complexity index is 560. The van der Waals surface area contributed by atoms with Crippen molar-refractivity contribution >= 4 is 17.2 Å². The van der Waals surface area contributed by atoms with E-state index >= 15 is 0 Å². The van der Waals surface area contributed by atoms with Gasteiger partial charge in [-0.05, 0) is 36.0 Å². The van der Waals surface area contributed by atoms with Gasteiger partial charge in [-0.3, -0.25) is 0 Å². The first-order valence-electron chi connectivity index (χ1n) is 7.03. The van der Waals surface area contributed by atoms with Crippen LogP contribution in [0.5, 0.6) is 0 Å². The molecule has 104 valence electrons. The van der Waals surface area contributed by atoms with Gasteiger partial charge in [0.15, 0.2) is 11.5 Å². The highest BCUT2D eigenvalue weighted by Crippen LogP contribution is 2.19. The number of pyridine rings is 1. The van der Waals surface area contributed by atoms with E-state index in [1.807, 2.05) is 6.07 Å². The molecule has 0 aliphatic carbocycles. The Morgan fingerprint density at radius 3 is 2.58 bits per heavy atom. The van der Waals surface area contributed by atoms with Gasteiger partial charge in [-0.15, -0.1) is 5.10 Å². The van der Waals surface area contributed by atoms with E-state index in [0.29, 0.717) is 17.0 Å². The quantitative estimate of drug-likeness (QED) is 0.769. The normalized spacial score (nSPS) is 13.4. The van der Waals surface area contributed by atoms with E-state index in [1.165, 1.54) is 5.56 Å². The highest BCUT2D eigenvalue weighted by molar-refractivity contribution is 6.29. The molecule has 0 saturated carbocycles. The van der Waals surface area contributed by atoms with Gasteiger partial charge in [0.25, 0.3) is 0 Å². The SMILES string of the molecule is CCC(C)Cc1nc2cc(CC(C)C)cc(Cl)n2n1. The molecule has 0 aliphatic heterocycles. The molecule has 3 nitrogen and oxygen atoms in total. The van der Waals surface area contributed by atoms with E-state index in [1.54, 1.807) is 4.52 Å². The molecular formula is C15H22ClN3. The summed E-state index contributed by atoms with van der Waals surface area (Å²) in [5.41, 5.74) is 2.09. The molecule has 0 saturated heterocycles. The second-order valence-electron chi connectivity index (χ2n) is 5.80. The lowest BCUT2D eigenvalue weighted by Crippen LogP contribution is -2.00. The van der Waals surface area contributed by atoms with Gasteiger partial charge < -0.3 is 0 Å². The molecule has 0 bridgehead atoms. The molecule has 0 aromatic carbocycles. The van der Waals surface area contributed by atoms with E-state index in [-0.39, 0.29) is 0 Å². The van der Waals surface area contributed by atoms with E-state index in [2.05, 4.69) is 43.8 Å². The fourth-order valence-electron chi connectivity index (χ4n) is 2.17. The highest BCUT2D eigenvalue weighted by atomic mass is 35.5. The summed E-state index contributed by atoms with van der Waals surface area (Å²) in [7, 11) is 0. The third-order valence-electron chi connectivity index (χ3n) is 3.37. The molecule has 2 aromatic rings. The molecule has 2 aromatic heterocycles. The van der Waals surface area contributed by atoms with E-state index < -0.39 is 0 Å². The van der Waals surface area contributed by atoms with Crippen molar-refractivity contribution in [2.24, 2.45) is 11.8 Å². The van der Waals surface area contributed by atoms with Crippen molar-refractivity contribution in [3.63, 3.8) is 0 Å². The van der Waals surface area contributed by atoms with Crippen LogP contribution in [0.3, 0.4) is 0 Å².